The monoisotopic (exact) mass is 301 g/mol. The van der Waals surface area contributed by atoms with Gasteiger partial charge in [0.2, 0.25) is 5.91 Å². The minimum atomic E-state index is -0.0260. The van der Waals surface area contributed by atoms with Gasteiger partial charge >= 0.3 is 0 Å². The molecule has 1 aliphatic carbocycles. The molecule has 0 radical (unpaired) electrons. The first kappa shape index (κ1) is 15.0. The lowest BCUT2D eigenvalue weighted by Gasteiger charge is -2.27. The summed E-state index contributed by atoms with van der Waals surface area (Å²) in [6, 6.07) is 8.17. The van der Waals surface area contributed by atoms with Crippen LogP contribution >= 0.6 is 0 Å². The van der Waals surface area contributed by atoms with Crippen LogP contribution in [0.1, 0.15) is 37.4 Å². The summed E-state index contributed by atoms with van der Waals surface area (Å²) in [7, 11) is 1.54. The van der Waals surface area contributed by atoms with Gasteiger partial charge in [-0.15, -0.1) is 0 Å². The average molecular weight is 301 g/mol. The highest BCUT2D eigenvalue weighted by Gasteiger charge is 2.24. The molecule has 1 fully saturated rings. The Balaban J connectivity index is 1.52. The SMILES string of the molecule is COCC(=O)NCC1CCC(c2nc3ccccc3[nH]2)CC1. The molecule has 0 spiro atoms. The molecule has 0 atom stereocenters. The average Bonchev–Trinajstić information content (AvgIpc) is 2.98. The summed E-state index contributed by atoms with van der Waals surface area (Å²) in [6.07, 6.45) is 4.53. The second-order valence-corrected chi connectivity index (χ2v) is 6.09. The van der Waals surface area contributed by atoms with E-state index in [1.165, 1.54) is 7.11 Å². The van der Waals surface area contributed by atoms with Gasteiger partial charge in [-0.25, -0.2) is 4.98 Å². The molecule has 0 bridgehead atoms. The zero-order chi connectivity index (χ0) is 15.4. The second kappa shape index (κ2) is 6.92. The summed E-state index contributed by atoms with van der Waals surface area (Å²) in [4.78, 5) is 19.6. The van der Waals surface area contributed by atoms with Gasteiger partial charge in [0.05, 0.1) is 11.0 Å². The molecule has 5 nitrogen and oxygen atoms in total. The normalized spacial score (nSPS) is 21.9. The van der Waals surface area contributed by atoms with Gasteiger partial charge < -0.3 is 15.0 Å². The third-order valence-electron chi connectivity index (χ3n) is 4.50. The summed E-state index contributed by atoms with van der Waals surface area (Å²) >= 11 is 0. The zero-order valence-electron chi connectivity index (χ0n) is 13.0. The van der Waals surface area contributed by atoms with Crippen LogP contribution in [0.3, 0.4) is 0 Å². The maximum atomic E-state index is 11.4. The molecule has 1 saturated carbocycles. The summed E-state index contributed by atoms with van der Waals surface area (Å²) in [6.45, 7) is 0.906. The standard InChI is InChI=1S/C17H23N3O2/c1-22-11-16(21)18-10-12-6-8-13(9-7-12)17-19-14-4-2-3-5-15(14)20-17/h2-5,12-13H,6-11H2,1H3,(H,18,21)(H,19,20). The van der Waals surface area contributed by atoms with Crippen LogP contribution in [0.4, 0.5) is 0 Å². The van der Waals surface area contributed by atoms with Crippen molar-refractivity contribution >= 4 is 16.9 Å². The number of amides is 1. The van der Waals surface area contributed by atoms with Crippen LogP contribution in [0.5, 0.6) is 0 Å². The number of para-hydroxylation sites is 2. The fourth-order valence-corrected chi connectivity index (χ4v) is 3.25. The lowest BCUT2D eigenvalue weighted by molar-refractivity contribution is -0.124. The van der Waals surface area contributed by atoms with Gasteiger partial charge in [0, 0.05) is 19.6 Å². The fourth-order valence-electron chi connectivity index (χ4n) is 3.25. The van der Waals surface area contributed by atoms with E-state index in [2.05, 4.69) is 16.4 Å². The zero-order valence-corrected chi connectivity index (χ0v) is 13.0. The first-order valence-corrected chi connectivity index (χ1v) is 7.96. The molecule has 118 valence electrons. The van der Waals surface area contributed by atoms with Gasteiger partial charge in [0.15, 0.2) is 0 Å². The Morgan fingerprint density at radius 3 is 2.82 bits per heavy atom. The Morgan fingerprint density at radius 1 is 1.32 bits per heavy atom. The van der Waals surface area contributed by atoms with E-state index in [1.807, 2.05) is 18.2 Å². The summed E-state index contributed by atoms with van der Waals surface area (Å²) in [5, 5.41) is 2.94. The van der Waals surface area contributed by atoms with Gasteiger partial charge in [-0.1, -0.05) is 12.1 Å². The van der Waals surface area contributed by atoms with E-state index in [0.29, 0.717) is 11.8 Å². The number of aromatic nitrogens is 2. The molecule has 22 heavy (non-hydrogen) atoms. The van der Waals surface area contributed by atoms with Crippen LogP contribution in [0, 0.1) is 5.92 Å². The third-order valence-corrected chi connectivity index (χ3v) is 4.50. The molecule has 2 N–H and O–H groups in total. The summed E-state index contributed by atoms with van der Waals surface area (Å²) in [5.74, 6) is 2.17. The minimum absolute atomic E-state index is 0.0260. The predicted octanol–water partition coefficient (Wildman–Crippen LogP) is 2.60. The lowest BCUT2D eigenvalue weighted by Crippen LogP contribution is -2.33. The second-order valence-electron chi connectivity index (χ2n) is 6.09. The van der Waals surface area contributed by atoms with Gasteiger partial charge in [0.25, 0.3) is 0 Å². The summed E-state index contributed by atoms with van der Waals surface area (Å²) in [5.41, 5.74) is 2.16. The Hall–Kier alpha value is -1.88. The van der Waals surface area contributed by atoms with Crippen molar-refractivity contribution in [3.63, 3.8) is 0 Å². The number of H-pyrrole nitrogens is 1. The fraction of sp³-hybridized carbons (Fsp3) is 0.529. The van der Waals surface area contributed by atoms with Gasteiger partial charge in [-0.05, 0) is 43.7 Å². The van der Waals surface area contributed by atoms with E-state index in [4.69, 9.17) is 9.72 Å². The van der Waals surface area contributed by atoms with Gasteiger partial charge in [-0.3, -0.25) is 4.79 Å². The number of rotatable bonds is 5. The van der Waals surface area contributed by atoms with Gasteiger partial charge in [-0.2, -0.15) is 0 Å². The van der Waals surface area contributed by atoms with Crippen molar-refractivity contribution in [1.82, 2.24) is 15.3 Å². The molecule has 1 aromatic carbocycles. The molecular weight excluding hydrogens is 278 g/mol. The third kappa shape index (κ3) is 3.47. The van der Waals surface area contributed by atoms with E-state index in [0.717, 1.165) is 49.1 Å². The van der Waals surface area contributed by atoms with E-state index in [9.17, 15) is 4.79 Å². The van der Waals surface area contributed by atoms with Crippen molar-refractivity contribution in [3.05, 3.63) is 30.1 Å². The van der Waals surface area contributed by atoms with Crippen molar-refractivity contribution in [3.8, 4) is 0 Å². The number of hydrogen-bond acceptors (Lipinski definition) is 3. The van der Waals surface area contributed by atoms with Crippen molar-refractivity contribution in [2.45, 2.75) is 31.6 Å². The molecule has 0 saturated heterocycles. The molecule has 1 amide bonds. The number of nitrogens with zero attached hydrogens (tertiary/aromatic N) is 1. The van der Waals surface area contributed by atoms with Crippen molar-refractivity contribution in [1.29, 1.82) is 0 Å². The number of aromatic amines is 1. The highest BCUT2D eigenvalue weighted by Crippen LogP contribution is 2.34. The number of carbonyl (C=O) groups is 1. The largest absolute Gasteiger partial charge is 0.375 e. The Labute approximate surface area is 130 Å². The number of hydrogen-bond donors (Lipinski definition) is 2. The highest BCUT2D eigenvalue weighted by molar-refractivity contribution is 5.77. The van der Waals surface area contributed by atoms with Crippen LogP contribution in [0.25, 0.3) is 11.0 Å². The smallest absolute Gasteiger partial charge is 0.245 e. The molecule has 1 heterocycles. The molecular formula is C17H23N3O2. The number of imidazole rings is 1. The molecule has 0 aliphatic heterocycles. The van der Waals surface area contributed by atoms with Crippen molar-refractivity contribution in [2.75, 3.05) is 20.3 Å². The number of nitrogens with one attached hydrogen (secondary N) is 2. The van der Waals surface area contributed by atoms with E-state index in [1.54, 1.807) is 0 Å². The maximum absolute atomic E-state index is 11.4. The molecule has 5 heteroatoms. The Kier molecular flexibility index (Phi) is 4.73. The Bertz CT molecular complexity index is 597. The number of ether oxygens (including phenoxy) is 1. The van der Waals surface area contributed by atoms with Crippen LogP contribution in [-0.2, 0) is 9.53 Å². The summed E-state index contributed by atoms with van der Waals surface area (Å²) < 4.78 is 4.82. The van der Waals surface area contributed by atoms with E-state index >= 15 is 0 Å². The predicted molar refractivity (Wildman–Crippen MR) is 85.7 cm³/mol. The van der Waals surface area contributed by atoms with E-state index < -0.39 is 0 Å². The van der Waals surface area contributed by atoms with Gasteiger partial charge in [0.1, 0.15) is 12.4 Å². The van der Waals surface area contributed by atoms with Crippen molar-refractivity contribution in [2.24, 2.45) is 5.92 Å². The van der Waals surface area contributed by atoms with Crippen molar-refractivity contribution < 1.29 is 9.53 Å². The van der Waals surface area contributed by atoms with Crippen LogP contribution in [-0.4, -0.2) is 36.1 Å². The minimum Gasteiger partial charge on any atom is -0.375 e. The Morgan fingerprint density at radius 2 is 2.09 bits per heavy atom. The lowest BCUT2D eigenvalue weighted by atomic mass is 9.81. The first-order chi connectivity index (χ1) is 10.8. The molecule has 2 aromatic rings. The number of carbonyl (C=O) groups excluding carboxylic acids is 1. The molecule has 1 aromatic heterocycles. The number of benzene rings is 1. The topological polar surface area (TPSA) is 67.0 Å². The number of methoxy groups -OCH3 is 1. The molecule has 3 rings (SSSR count). The van der Waals surface area contributed by atoms with E-state index in [-0.39, 0.29) is 12.5 Å². The maximum Gasteiger partial charge on any atom is 0.245 e. The van der Waals surface area contributed by atoms with Crippen LogP contribution < -0.4 is 5.32 Å². The molecule has 0 unspecified atom stereocenters. The van der Waals surface area contributed by atoms with Crippen LogP contribution in [0.2, 0.25) is 0 Å². The quantitative estimate of drug-likeness (QED) is 0.892. The number of fused-ring (bicyclic) bond motifs is 1. The molecule has 1 aliphatic rings. The van der Waals surface area contributed by atoms with Crippen LogP contribution in [0.15, 0.2) is 24.3 Å². The first-order valence-electron chi connectivity index (χ1n) is 7.96. The highest BCUT2D eigenvalue weighted by atomic mass is 16.5.